The van der Waals surface area contributed by atoms with Gasteiger partial charge in [0.25, 0.3) is 0 Å². The van der Waals surface area contributed by atoms with E-state index in [2.05, 4.69) is 10.6 Å². The second-order valence-electron chi connectivity index (χ2n) is 5.34. The van der Waals surface area contributed by atoms with Gasteiger partial charge in [0.2, 0.25) is 10.0 Å². The molecule has 1 aromatic carbocycles. The molecule has 1 aliphatic heterocycles. The van der Waals surface area contributed by atoms with Crippen molar-refractivity contribution in [2.24, 2.45) is 0 Å². The van der Waals surface area contributed by atoms with Gasteiger partial charge < -0.3 is 10.6 Å². The van der Waals surface area contributed by atoms with Crippen LogP contribution in [-0.2, 0) is 10.0 Å². The Hall–Kier alpha value is -1.11. The number of sulfonamides is 1. The summed E-state index contributed by atoms with van der Waals surface area (Å²) in [5.41, 5.74) is 0.954. The van der Waals surface area contributed by atoms with Crippen LogP contribution in [0.3, 0.4) is 0 Å². The van der Waals surface area contributed by atoms with Crippen molar-refractivity contribution < 1.29 is 8.42 Å². The Morgan fingerprint density at radius 1 is 1.25 bits per heavy atom. The Morgan fingerprint density at radius 2 is 1.95 bits per heavy atom. The lowest BCUT2D eigenvalue weighted by molar-refractivity contribution is 0.414. The molecule has 6 heteroatoms. The van der Waals surface area contributed by atoms with E-state index in [1.54, 1.807) is 12.1 Å². The van der Waals surface area contributed by atoms with E-state index in [0.29, 0.717) is 10.9 Å². The Kier molecular flexibility index (Phi) is 5.01. The minimum atomic E-state index is -3.34. The molecule has 1 saturated heterocycles. The molecule has 1 heterocycles. The molecule has 0 bridgehead atoms. The van der Waals surface area contributed by atoms with Gasteiger partial charge in [0.1, 0.15) is 0 Å². The van der Waals surface area contributed by atoms with Gasteiger partial charge in [-0.15, -0.1) is 0 Å². The monoisotopic (exact) mass is 297 g/mol. The van der Waals surface area contributed by atoms with Crippen molar-refractivity contribution in [3.05, 3.63) is 24.3 Å². The van der Waals surface area contributed by atoms with Crippen LogP contribution in [0.5, 0.6) is 0 Å². The Bertz CT molecular complexity index is 520. The average Bonchev–Trinajstić information content (AvgIpc) is 2.46. The first-order valence-corrected chi connectivity index (χ1v) is 8.44. The molecule has 1 aromatic rings. The van der Waals surface area contributed by atoms with E-state index in [1.807, 2.05) is 12.1 Å². The number of benzene rings is 1. The summed E-state index contributed by atoms with van der Waals surface area (Å²) in [6.45, 7) is 1.96. The highest BCUT2D eigenvalue weighted by atomic mass is 32.2. The fraction of sp³-hybridized carbons (Fsp3) is 0.571. The first kappa shape index (κ1) is 15.3. The minimum absolute atomic E-state index is 0.323. The van der Waals surface area contributed by atoms with E-state index >= 15 is 0 Å². The molecule has 2 N–H and O–H groups in total. The molecule has 1 fully saturated rings. The van der Waals surface area contributed by atoms with Crippen LogP contribution in [0.25, 0.3) is 0 Å². The number of hydrogen-bond acceptors (Lipinski definition) is 4. The van der Waals surface area contributed by atoms with Gasteiger partial charge in [-0.25, -0.2) is 12.7 Å². The van der Waals surface area contributed by atoms with Crippen LogP contribution < -0.4 is 10.6 Å². The topological polar surface area (TPSA) is 61.4 Å². The zero-order valence-electron chi connectivity index (χ0n) is 12.1. The van der Waals surface area contributed by atoms with Gasteiger partial charge in [-0.3, -0.25) is 0 Å². The smallest absolute Gasteiger partial charge is 0.242 e. The molecule has 2 rings (SSSR count). The molecule has 0 amide bonds. The van der Waals surface area contributed by atoms with Gasteiger partial charge >= 0.3 is 0 Å². The van der Waals surface area contributed by atoms with Crippen molar-refractivity contribution >= 4 is 15.7 Å². The van der Waals surface area contributed by atoms with Crippen LogP contribution in [0.15, 0.2) is 29.2 Å². The number of piperidine rings is 1. The zero-order chi connectivity index (χ0) is 14.6. The van der Waals surface area contributed by atoms with Crippen molar-refractivity contribution in [1.82, 2.24) is 9.62 Å². The summed E-state index contributed by atoms with van der Waals surface area (Å²) >= 11 is 0. The van der Waals surface area contributed by atoms with Crippen molar-refractivity contribution in [2.45, 2.75) is 30.2 Å². The maximum absolute atomic E-state index is 11.9. The molecule has 1 unspecified atom stereocenters. The number of rotatable bonds is 5. The summed E-state index contributed by atoms with van der Waals surface area (Å²) in [4.78, 5) is 0.323. The summed E-state index contributed by atoms with van der Waals surface area (Å²) in [5.74, 6) is 0. The number of hydrogen-bond donors (Lipinski definition) is 2. The molecule has 20 heavy (non-hydrogen) atoms. The third-order valence-corrected chi connectivity index (χ3v) is 5.43. The van der Waals surface area contributed by atoms with Crippen molar-refractivity contribution in [2.75, 3.05) is 32.5 Å². The van der Waals surface area contributed by atoms with Gasteiger partial charge in [-0.1, -0.05) is 6.42 Å². The third-order valence-electron chi connectivity index (χ3n) is 3.60. The van der Waals surface area contributed by atoms with Crippen molar-refractivity contribution in [3.8, 4) is 0 Å². The lowest BCUT2D eigenvalue weighted by atomic mass is 10.1. The van der Waals surface area contributed by atoms with Crippen LogP contribution in [0.4, 0.5) is 5.69 Å². The number of nitrogens with one attached hydrogen (secondary N) is 2. The van der Waals surface area contributed by atoms with Gasteiger partial charge in [-0.2, -0.15) is 0 Å². The lowest BCUT2D eigenvalue weighted by Crippen LogP contribution is -2.39. The summed E-state index contributed by atoms with van der Waals surface area (Å²) in [7, 11) is -0.260. The molecule has 0 spiro atoms. The highest BCUT2D eigenvalue weighted by Gasteiger charge is 2.16. The number of anilines is 1. The fourth-order valence-electron chi connectivity index (χ4n) is 2.29. The molecule has 0 aromatic heterocycles. The van der Waals surface area contributed by atoms with Crippen molar-refractivity contribution in [3.63, 3.8) is 0 Å². The standard InChI is InChI=1S/C14H23N3O2S/c1-17(2)20(18,19)14-8-6-12(7-9-14)16-11-13-5-3-4-10-15-13/h6-9,13,15-16H,3-5,10-11H2,1-2H3. The Morgan fingerprint density at radius 3 is 2.50 bits per heavy atom. The van der Waals surface area contributed by atoms with Gasteiger partial charge in [0.15, 0.2) is 0 Å². The van der Waals surface area contributed by atoms with E-state index in [1.165, 1.54) is 37.7 Å². The summed E-state index contributed by atoms with van der Waals surface area (Å²) < 4.78 is 25.1. The largest absolute Gasteiger partial charge is 0.383 e. The van der Waals surface area contributed by atoms with E-state index in [9.17, 15) is 8.42 Å². The van der Waals surface area contributed by atoms with Crippen LogP contribution in [0.1, 0.15) is 19.3 Å². The zero-order valence-corrected chi connectivity index (χ0v) is 12.9. The predicted octanol–water partition coefficient (Wildman–Crippen LogP) is 1.49. The predicted molar refractivity (Wildman–Crippen MR) is 81.4 cm³/mol. The summed E-state index contributed by atoms with van der Waals surface area (Å²) in [5, 5.41) is 6.83. The van der Waals surface area contributed by atoms with Crippen LogP contribution in [0.2, 0.25) is 0 Å². The molecule has 0 saturated carbocycles. The van der Waals surface area contributed by atoms with E-state index in [0.717, 1.165) is 18.8 Å². The Labute approximate surface area is 121 Å². The molecular formula is C14H23N3O2S. The SMILES string of the molecule is CN(C)S(=O)(=O)c1ccc(NCC2CCCCN2)cc1. The molecule has 0 aliphatic carbocycles. The average molecular weight is 297 g/mol. The van der Waals surface area contributed by atoms with Crippen LogP contribution in [0, 0.1) is 0 Å². The second-order valence-corrected chi connectivity index (χ2v) is 7.49. The number of nitrogens with zero attached hydrogens (tertiary/aromatic N) is 1. The van der Waals surface area contributed by atoms with Gasteiger partial charge in [0.05, 0.1) is 4.90 Å². The van der Waals surface area contributed by atoms with Gasteiger partial charge in [-0.05, 0) is 43.7 Å². The summed E-state index contributed by atoms with van der Waals surface area (Å²) in [6, 6.07) is 7.44. The van der Waals surface area contributed by atoms with E-state index in [-0.39, 0.29) is 0 Å². The molecule has 1 atom stereocenters. The minimum Gasteiger partial charge on any atom is -0.383 e. The van der Waals surface area contributed by atoms with Crippen LogP contribution in [-0.4, -0.2) is 45.9 Å². The fourth-order valence-corrected chi connectivity index (χ4v) is 3.20. The molecule has 5 nitrogen and oxygen atoms in total. The third kappa shape index (κ3) is 3.71. The van der Waals surface area contributed by atoms with Crippen molar-refractivity contribution in [1.29, 1.82) is 0 Å². The maximum atomic E-state index is 11.9. The first-order chi connectivity index (χ1) is 9.50. The van der Waals surface area contributed by atoms with E-state index < -0.39 is 10.0 Å². The molecule has 1 aliphatic rings. The highest BCUT2D eigenvalue weighted by Crippen LogP contribution is 2.17. The Balaban J connectivity index is 1.94. The molecule has 112 valence electrons. The lowest BCUT2D eigenvalue weighted by Gasteiger charge is -2.24. The first-order valence-electron chi connectivity index (χ1n) is 7.00. The second kappa shape index (κ2) is 6.56. The van der Waals surface area contributed by atoms with Crippen LogP contribution >= 0.6 is 0 Å². The maximum Gasteiger partial charge on any atom is 0.242 e. The van der Waals surface area contributed by atoms with E-state index in [4.69, 9.17) is 0 Å². The molecule has 0 radical (unpaired) electrons. The molecular weight excluding hydrogens is 274 g/mol. The van der Waals surface area contributed by atoms with Gasteiger partial charge in [0, 0.05) is 32.4 Å². The quantitative estimate of drug-likeness (QED) is 0.864. The summed E-state index contributed by atoms with van der Waals surface area (Å²) in [6.07, 6.45) is 3.73. The normalized spacial score (nSPS) is 20.1. The highest BCUT2D eigenvalue weighted by molar-refractivity contribution is 7.89.